The number of hydrogen-bond acceptors (Lipinski definition) is 4. The predicted molar refractivity (Wildman–Crippen MR) is 87.1 cm³/mol. The van der Waals surface area contributed by atoms with Crippen LogP contribution in [0.2, 0.25) is 0 Å². The van der Waals surface area contributed by atoms with Crippen molar-refractivity contribution in [1.29, 1.82) is 0 Å². The Morgan fingerprint density at radius 2 is 1.77 bits per heavy atom. The minimum absolute atomic E-state index is 0.802. The molecule has 0 amide bonds. The standard InChI is InChI=1S/C17H19N5/c1-12-5-4-6-13(2)16(12)10-18-15-8-7-14(3)17(9-15)22-11-19-20-21-22/h4-9,11,18H,10H2,1-3H3. The minimum Gasteiger partial charge on any atom is -0.381 e. The molecule has 0 atom stereocenters. The Kier molecular flexibility index (Phi) is 3.87. The van der Waals surface area contributed by atoms with Gasteiger partial charge in [-0.25, -0.2) is 4.68 Å². The third-order valence-electron chi connectivity index (χ3n) is 3.92. The van der Waals surface area contributed by atoms with Gasteiger partial charge in [0.05, 0.1) is 5.69 Å². The van der Waals surface area contributed by atoms with Crippen LogP contribution in [0.1, 0.15) is 22.3 Å². The van der Waals surface area contributed by atoms with Gasteiger partial charge in [-0.2, -0.15) is 0 Å². The summed E-state index contributed by atoms with van der Waals surface area (Å²) < 4.78 is 1.68. The lowest BCUT2D eigenvalue weighted by molar-refractivity contribution is 0.785. The molecule has 1 N–H and O–H groups in total. The molecule has 0 radical (unpaired) electrons. The van der Waals surface area contributed by atoms with Crippen molar-refractivity contribution in [3.63, 3.8) is 0 Å². The van der Waals surface area contributed by atoms with Crippen LogP contribution in [0.5, 0.6) is 0 Å². The topological polar surface area (TPSA) is 55.6 Å². The smallest absolute Gasteiger partial charge is 0.143 e. The van der Waals surface area contributed by atoms with Crippen molar-refractivity contribution in [3.8, 4) is 5.69 Å². The van der Waals surface area contributed by atoms with Gasteiger partial charge in [0, 0.05) is 12.2 Å². The summed E-state index contributed by atoms with van der Waals surface area (Å²) in [5, 5.41) is 14.8. The third-order valence-corrected chi connectivity index (χ3v) is 3.92. The molecular weight excluding hydrogens is 274 g/mol. The number of rotatable bonds is 4. The average Bonchev–Trinajstić information content (AvgIpc) is 3.02. The predicted octanol–water partition coefficient (Wildman–Crippen LogP) is 3.20. The van der Waals surface area contributed by atoms with Crippen molar-refractivity contribution in [2.45, 2.75) is 27.3 Å². The molecule has 0 spiro atoms. The fourth-order valence-corrected chi connectivity index (χ4v) is 2.56. The normalized spacial score (nSPS) is 10.7. The van der Waals surface area contributed by atoms with Crippen molar-refractivity contribution in [3.05, 3.63) is 65.0 Å². The van der Waals surface area contributed by atoms with E-state index < -0.39 is 0 Å². The molecule has 1 heterocycles. The van der Waals surface area contributed by atoms with Gasteiger partial charge >= 0.3 is 0 Å². The van der Waals surface area contributed by atoms with Crippen LogP contribution >= 0.6 is 0 Å². The molecule has 0 fully saturated rings. The molecular formula is C17H19N5. The maximum absolute atomic E-state index is 3.96. The summed E-state index contributed by atoms with van der Waals surface area (Å²) in [6, 6.07) is 12.6. The Balaban J connectivity index is 1.83. The summed E-state index contributed by atoms with van der Waals surface area (Å²) in [5.74, 6) is 0. The molecule has 5 heteroatoms. The Morgan fingerprint density at radius 1 is 1.00 bits per heavy atom. The number of benzene rings is 2. The molecule has 0 unspecified atom stereocenters. The SMILES string of the molecule is Cc1ccc(NCc2c(C)cccc2C)cc1-n1cnnn1. The fourth-order valence-electron chi connectivity index (χ4n) is 2.56. The second kappa shape index (κ2) is 5.97. The quantitative estimate of drug-likeness (QED) is 0.802. The van der Waals surface area contributed by atoms with E-state index in [-0.39, 0.29) is 0 Å². The highest BCUT2D eigenvalue weighted by Gasteiger charge is 2.06. The van der Waals surface area contributed by atoms with Crippen LogP contribution in [0.15, 0.2) is 42.7 Å². The van der Waals surface area contributed by atoms with Gasteiger partial charge in [0.1, 0.15) is 6.33 Å². The van der Waals surface area contributed by atoms with Crippen LogP contribution in [0, 0.1) is 20.8 Å². The first-order valence-corrected chi connectivity index (χ1v) is 7.28. The lowest BCUT2D eigenvalue weighted by Gasteiger charge is -2.13. The highest BCUT2D eigenvalue weighted by molar-refractivity contribution is 5.55. The maximum Gasteiger partial charge on any atom is 0.143 e. The van der Waals surface area contributed by atoms with E-state index in [0.717, 1.165) is 23.5 Å². The van der Waals surface area contributed by atoms with Gasteiger partial charge in [0.25, 0.3) is 0 Å². The summed E-state index contributed by atoms with van der Waals surface area (Å²) in [6.45, 7) is 7.14. The Bertz CT molecular complexity index is 757. The molecule has 0 bridgehead atoms. The largest absolute Gasteiger partial charge is 0.381 e. The van der Waals surface area contributed by atoms with Crippen molar-refractivity contribution >= 4 is 5.69 Å². The van der Waals surface area contributed by atoms with E-state index >= 15 is 0 Å². The van der Waals surface area contributed by atoms with Gasteiger partial charge in [-0.15, -0.1) is 5.10 Å². The molecule has 1 aromatic heterocycles. The molecule has 0 saturated carbocycles. The van der Waals surface area contributed by atoms with E-state index in [4.69, 9.17) is 0 Å². The minimum atomic E-state index is 0.802. The molecule has 2 aromatic carbocycles. The zero-order chi connectivity index (χ0) is 15.5. The second-order valence-electron chi connectivity index (χ2n) is 5.48. The Hall–Kier alpha value is -2.69. The average molecular weight is 293 g/mol. The molecule has 0 aliphatic rings. The molecule has 3 rings (SSSR count). The summed E-state index contributed by atoms with van der Waals surface area (Å²) in [4.78, 5) is 0. The summed E-state index contributed by atoms with van der Waals surface area (Å²) >= 11 is 0. The van der Waals surface area contributed by atoms with E-state index in [9.17, 15) is 0 Å². The fraction of sp³-hybridized carbons (Fsp3) is 0.235. The van der Waals surface area contributed by atoms with Crippen molar-refractivity contribution in [1.82, 2.24) is 20.2 Å². The lowest BCUT2D eigenvalue weighted by atomic mass is 10.0. The van der Waals surface area contributed by atoms with Gasteiger partial charge in [0.2, 0.25) is 0 Å². The van der Waals surface area contributed by atoms with E-state index in [1.807, 2.05) is 6.92 Å². The van der Waals surface area contributed by atoms with E-state index in [0.29, 0.717) is 0 Å². The van der Waals surface area contributed by atoms with E-state index in [1.54, 1.807) is 11.0 Å². The first-order valence-electron chi connectivity index (χ1n) is 7.28. The highest BCUT2D eigenvalue weighted by Crippen LogP contribution is 2.20. The molecule has 0 saturated heterocycles. The molecule has 22 heavy (non-hydrogen) atoms. The Morgan fingerprint density at radius 3 is 2.45 bits per heavy atom. The first-order chi connectivity index (χ1) is 10.6. The molecule has 0 aliphatic carbocycles. The molecule has 3 aromatic rings. The maximum atomic E-state index is 3.96. The summed E-state index contributed by atoms with van der Waals surface area (Å²) in [6.07, 6.45) is 1.61. The van der Waals surface area contributed by atoms with Crippen molar-refractivity contribution in [2.75, 3.05) is 5.32 Å². The zero-order valence-electron chi connectivity index (χ0n) is 13.0. The van der Waals surface area contributed by atoms with Crippen LogP contribution in [0.25, 0.3) is 5.69 Å². The Labute approximate surface area is 130 Å². The number of tetrazole rings is 1. The third kappa shape index (κ3) is 2.83. The number of nitrogens with zero attached hydrogens (tertiary/aromatic N) is 4. The number of anilines is 1. The van der Waals surface area contributed by atoms with Crippen molar-refractivity contribution < 1.29 is 0 Å². The number of aromatic nitrogens is 4. The van der Waals surface area contributed by atoms with Crippen LogP contribution < -0.4 is 5.32 Å². The number of aryl methyl sites for hydroxylation is 3. The van der Waals surface area contributed by atoms with Gasteiger partial charge in [-0.05, 0) is 65.6 Å². The van der Waals surface area contributed by atoms with Crippen LogP contribution in [-0.4, -0.2) is 20.2 Å². The molecule has 5 nitrogen and oxygen atoms in total. The van der Waals surface area contributed by atoms with Crippen LogP contribution in [-0.2, 0) is 6.54 Å². The van der Waals surface area contributed by atoms with E-state index in [2.05, 4.69) is 71.1 Å². The summed E-state index contributed by atoms with van der Waals surface area (Å²) in [5.41, 5.74) is 7.12. The van der Waals surface area contributed by atoms with Crippen molar-refractivity contribution in [2.24, 2.45) is 0 Å². The lowest BCUT2D eigenvalue weighted by Crippen LogP contribution is -2.05. The first kappa shape index (κ1) is 14.3. The number of nitrogens with one attached hydrogen (secondary N) is 1. The monoisotopic (exact) mass is 293 g/mol. The van der Waals surface area contributed by atoms with Gasteiger partial charge in [0.15, 0.2) is 0 Å². The van der Waals surface area contributed by atoms with Crippen LogP contribution in [0.3, 0.4) is 0 Å². The van der Waals surface area contributed by atoms with Gasteiger partial charge in [-0.3, -0.25) is 0 Å². The zero-order valence-corrected chi connectivity index (χ0v) is 13.0. The van der Waals surface area contributed by atoms with Gasteiger partial charge < -0.3 is 5.32 Å². The highest BCUT2D eigenvalue weighted by atomic mass is 15.5. The van der Waals surface area contributed by atoms with E-state index in [1.165, 1.54) is 16.7 Å². The second-order valence-corrected chi connectivity index (χ2v) is 5.48. The summed E-state index contributed by atoms with van der Waals surface area (Å²) in [7, 11) is 0. The van der Waals surface area contributed by atoms with Crippen LogP contribution in [0.4, 0.5) is 5.69 Å². The number of hydrogen-bond donors (Lipinski definition) is 1. The molecule has 0 aliphatic heterocycles. The van der Waals surface area contributed by atoms with Gasteiger partial charge in [-0.1, -0.05) is 24.3 Å². The molecule has 112 valence electrons.